The van der Waals surface area contributed by atoms with E-state index in [1.54, 1.807) is 30.3 Å². The molecule has 0 radical (unpaired) electrons. The van der Waals surface area contributed by atoms with Crippen molar-refractivity contribution in [3.63, 3.8) is 0 Å². The number of carbonyl (C=O) groups is 1. The lowest BCUT2D eigenvalue weighted by Crippen LogP contribution is -2.51. The van der Waals surface area contributed by atoms with Crippen molar-refractivity contribution in [1.82, 2.24) is 9.80 Å². The summed E-state index contributed by atoms with van der Waals surface area (Å²) in [6, 6.07) is 7.04. The van der Waals surface area contributed by atoms with E-state index in [1.807, 2.05) is 20.8 Å². The Labute approximate surface area is 159 Å². The number of phenols is 1. The third kappa shape index (κ3) is 3.97. The van der Waals surface area contributed by atoms with Gasteiger partial charge in [0, 0.05) is 23.8 Å². The largest absolute Gasteiger partial charge is 0.507 e. The summed E-state index contributed by atoms with van der Waals surface area (Å²) in [5.41, 5.74) is 13.6. The lowest BCUT2D eigenvalue weighted by Gasteiger charge is -2.40. The topological polar surface area (TPSA) is 105 Å². The Kier molecular flexibility index (Phi) is 4.95. The van der Waals surface area contributed by atoms with Crippen LogP contribution in [-0.4, -0.2) is 45.7 Å². The van der Waals surface area contributed by atoms with Gasteiger partial charge in [-0.3, -0.25) is 4.90 Å². The van der Waals surface area contributed by atoms with Gasteiger partial charge in [0.25, 0.3) is 0 Å². The third-order valence-corrected chi connectivity index (χ3v) is 4.75. The number of ether oxygens (including phenoxy) is 1. The van der Waals surface area contributed by atoms with Gasteiger partial charge >= 0.3 is 6.09 Å². The Morgan fingerprint density at radius 1 is 1.33 bits per heavy atom. The van der Waals surface area contributed by atoms with Crippen molar-refractivity contribution in [3.8, 4) is 5.75 Å². The molecule has 2 aliphatic rings. The van der Waals surface area contributed by atoms with Crippen LogP contribution in [0, 0.1) is 0 Å². The lowest BCUT2D eigenvalue weighted by atomic mass is 10.1. The molecule has 0 spiro atoms. The van der Waals surface area contributed by atoms with E-state index in [-0.39, 0.29) is 11.8 Å². The van der Waals surface area contributed by atoms with Crippen molar-refractivity contribution in [2.45, 2.75) is 45.3 Å². The monoisotopic (exact) mass is 372 g/mol. The number of fused-ring (bicyclic) bond motifs is 1. The van der Waals surface area contributed by atoms with Gasteiger partial charge in [-0.05, 0) is 51.8 Å². The summed E-state index contributed by atoms with van der Waals surface area (Å²) in [5.74, 6) is 0.420. The van der Waals surface area contributed by atoms with Crippen molar-refractivity contribution >= 4 is 11.8 Å². The summed E-state index contributed by atoms with van der Waals surface area (Å²) in [6.07, 6.45) is 3.27. The Bertz CT molecular complexity index is 795. The van der Waals surface area contributed by atoms with Crippen LogP contribution >= 0.6 is 0 Å². The van der Waals surface area contributed by atoms with E-state index >= 15 is 0 Å². The number of hydrogen-bond donors (Lipinski definition) is 3. The van der Waals surface area contributed by atoms with Gasteiger partial charge in [-0.25, -0.2) is 4.79 Å². The molecular weight excluding hydrogens is 344 g/mol. The number of allylic oxidation sites excluding steroid dienone is 1. The molecule has 1 atom stereocenters. The first kappa shape index (κ1) is 18.9. The molecule has 1 fully saturated rings. The van der Waals surface area contributed by atoms with Crippen molar-refractivity contribution in [2.24, 2.45) is 11.5 Å². The van der Waals surface area contributed by atoms with Crippen molar-refractivity contribution < 1.29 is 14.6 Å². The second kappa shape index (κ2) is 7.06. The standard InChI is InChI=1S/C20H28N4O3/c1-20(2,3)27-19(26)24-12-13-7-6-10-23(13)16(18(24)22)11-15(21)14-8-4-5-9-17(14)25/h4-5,8-9,11,13,25H,6-7,10,12,21-22H2,1-3H3/b15-11-. The average molecular weight is 372 g/mol. The van der Waals surface area contributed by atoms with Gasteiger partial charge in [0.1, 0.15) is 17.2 Å². The van der Waals surface area contributed by atoms with Crippen LogP contribution in [0.15, 0.2) is 41.9 Å². The van der Waals surface area contributed by atoms with Crippen LogP contribution in [0.3, 0.4) is 0 Å². The first-order valence-electron chi connectivity index (χ1n) is 9.20. The summed E-state index contributed by atoms with van der Waals surface area (Å²) in [5, 5.41) is 10.1. The first-order valence-corrected chi connectivity index (χ1v) is 9.20. The molecule has 1 aromatic carbocycles. The molecule has 1 aromatic rings. The number of nitrogens with two attached hydrogens (primary N) is 2. The Morgan fingerprint density at radius 3 is 2.70 bits per heavy atom. The van der Waals surface area contributed by atoms with Crippen molar-refractivity contribution in [3.05, 3.63) is 47.4 Å². The van der Waals surface area contributed by atoms with Crippen LogP contribution in [0.25, 0.3) is 5.70 Å². The maximum atomic E-state index is 12.6. The van der Waals surface area contributed by atoms with Crippen LogP contribution in [0.2, 0.25) is 0 Å². The van der Waals surface area contributed by atoms with Crippen molar-refractivity contribution in [1.29, 1.82) is 0 Å². The maximum absolute atomic E-state index is 12.6. The van der Waals surface area contributed by atoms with Crippen LogP contribution < -0.4 is 11.5 Å². The molecule has 0 bridgehead atoms. The normalized spacial score (nSPS) is 20.7. The fourth-order valence-electron chi connectivity index (χ4n) is 3.53. The number of carbonyl (C=O) groups excluding carboxylic acids is 1. The highest BCUT2D eigenvalue weighted by Crippen LogP contribution is 2.33. The summed E-state index contributed by atoms with van der Waals surface area (Å²) < 4.78 is 5.52. The fourth-order valence-corrected chi connectivity index (χ4v) is 3.53. The van der Waals surface area contributed by atoms with Gasteiger partial charge in [-0.2, -0.15) is 0 Å². The van der Waals surface area contributed by atoms with E-state index in [2.05, 4.69) is 4.90 Å². The SMILES string of the molecule is CC(C)(C)OC(=O)N1CC2CCCN2C(/C=C(\N)c2ccccc2O)=C1N. The number of phenolic OH excluding ortho intramolecular Hbond substituents is 1. The Balaban J connectivity index is 1.99. The molecule has 5 N–H and O–H groups in total. The van der Waals surface area contributed by atoms with E-state index < -0.39 is 11.7 Å². The van der Waals surface area contributed by atoms with Gasteiger partial charge in [0.05, 0.1) is 12.2 Å². The minimum absolute atomic E-state index is 0.100. The molecule has 1 unspecified atom stereocenters. The Morgan fingerprint density at radius 2 is 2.04 bits per heavy atom. The zero-order chi connectivity index (χ0) is 19.8. The Hall–Kier alpha value is -2.83. The molecule has 27 heavy (non-hydrogen) atoms. The molecule has 1 amide bonds. The number of benzene rings is 1. The van der Waals surface area contributed by atoms with Gasteiger partial charge < -0.3 is 26.2 Å². The van der Waals surface area contributed by atoms with Gasteiger partial charge in [0.15, 0.2) is 0 Å². The van der Waals surface area contributed by atoms with Crippen LogP contribution in [0.1, 0.15) is 39.2 Å². The highest BCUT2D eigenvalue weighted by atomic mass is 16.6. The molecule has 7 nitrogen and oxygen atoms in total. The maximum Gasteiger partial charge on any atom is 0.416 e. The van der Waals surface area contributed by atoms with Crippen LogP contribution in [0.5, 0.6) is 5.75 Å². The average Bonchev–Trinajstić information content (AvgIpc) is 3.04. The summed E-state index contributed by atoms with van der Waals surface area (Å²) in [6.45, 7) is 6.83. The number of hydrogen-bond acceptors (Lipinski definition) is 6. The van der Waals surface area contributed by atoms with E-state index in [4.69, 9.17) is 16.2 Å². The van der Waals surface area contributed by atoms with Gasteiger partial charge in [-0.15, -0.1) is 0 Å². The highest BCUT2D eigenvalue weighted by molar-refractivity contribution is 5.73. The van der Waals surface area contributed by atoms with E-state index in [0.717, 1.165) is 19.4 Å². The molecule has 0 saturated carbocycles. The number of amides is 1. The number of aromatic hydroxyl groups is 1. The number of para-hydroxylation sites is 1. The summed E-state index contributed by atoms with van der Waals surface area (Å²) in [7, 11) is 0. The molecule has 146 valence electrons. The second-order valence-corrected chi connectivity index (χ2v) is 7.97. The zero-order valence-electron chi connectivity index (χ0n) is 16.1. The van der Waals surface area contributed by atoms with Crippen molar-refractivity contribution in [2.75, 3.05) is 13.1 Å². The summed E-state index contributed by atoms with van der Waals surface area (Å²) in [4.78, 5) is 16.3. The first-order chi connectivity index (χ1) is 12.7. The van der Waals surface area contributed by atoms with Gasteiger partial charge in [-0.1, -0.05) is 12.1 Å². The van der Waals surface area contributed by atoms with E-state index in [1.165, 1.54) is 4.90 Å². The fraction of sp³-hybridized carbons (Fsp3) is 0.450. The predicted molar refractivity (Wildman–Crippen MR) is 104 cm³/mol. The predicted octanol–water partition coefficient (Wildman–Crippen LogP) is 2.53. The molecule has 7 heteroatoms. The lowest BCUT2D eigenvalue weighted by molar-refractivity contribution is 0.0244. The summed E-state index contributed by atoms with van der Waals surface area (Å²) >= 11 is 0. The number of rotatable bonds is 2. The van der Waals surface area contributed by atoms with E-state index in [0.29, 0.717) is 29.3 Å². The van der Waals surface area contributed by atoms with Crippen LogP contribution in [0.4, 0.5) is 4.79 Å². The molecule has 2 heterocycles. The van der Waals surface area contributed by atoms with Gasteiger partial charge in [0.2, 0.25) is 0 Å². The molecule has 2 aliphatic heterocycles. The molecule has 3 rings (SSSR count). The molecule has 0 aliphatic carbocycles. The minimum atomic E-state index is -0.602. The molecule has 0 aromatic heterocycles. The van der Waals surface area contributed by atoms with E-state index in [9.17, 15) is 9.90 Å². The quantitative estimate of drug-likeness (QED) is 0.737. The zero-order valence-corrected chi connectivity index (χ0v) is 16.1. The third-order valence-electron chi connectivity index (χ3n) is 4.75. The highest BCUT2D eigenvalue weighted by Gasteiger charge is 2.38. The van der Waals surface area contributed by atoms with Crippen LogP contribution in [-0.2, 0) is 4.74 Å². The number of nitrogens with zero attached hydrogens (tertiary/aromatic N) is 2. The molecule has 1 saturated heterocycles. The smallest absolute Gasteiger partial charge is 0.416 e. The second-order valence-electron chi connectivity index (χ2n) is 7.97. The minimum Gasteiger partial charge on any atom is -0.507 e. The molecular formula is C20H28N4O3.